The zero-order valence-electron chi connectivity index (χ0n) is 21.4. The number of nitrogens with zero attached hydrogens (tertiary/aromatic N) is 2. The molecule has 2 aliphatic rings. The van der Waals surface area contributed by atoms with Gasteiger partial charge in [-0.1, -0.05) is 86.3 Å². The van der Waals surface area contributed by atoms with Crippen molar-refractivity contribution in [2.24, 2.45) is 4.99 Å². The van der Waals surface area contributed by atoms with E-state index in [1.165, 1.54) is 17.3 Å². The van der Waals surface area contributed by atoms with Crippen LogP contribution < -0.4 is 9.47 Å². The minimum Gasteiger partial charge on any atom is -0.490 e. The average molecular weight is 524 g/mol. The summed E-state index contributed by atoms with van der Waals surface area (Å²) in [5, 5.41) is 11.2. The summed E-state index contributed by atoms with van der Waals surface area (Å²) in [7, 11) is 0. The van der Waals surface area contributed by atoms with Crippen molar-refractivity contribution in [2.45, 2.75) is 26.2 Å². The van der Waals surface area contributed by atoms with Gasteiger partial charge in [-0.2, -0.15) is 4.99 Å². The topological polar surface area (TPSA) is 75.0 Å². The largest absolute Gasteiger partial charge is 0.490 e. The van der Waals surface area contributed by atoms with E-state index in [9.17, 15) is 4.79 Å². The van der Waals surface area contributed by atoms with Crippen LogP contribution in [-0.4, -0.2) is 35.0 Å². The number of hydrogen-bond acceptors (Lipinski definition) is 5. The molecule has 0 saturated heterocycles. The summed E-state index contributed by atoms with van der Waals surface area (Å²) in [4.78, 5) is 18.7. The molecule has 0 aliphatic carbocycles. The summed E-state index contributed by atoms with van der Waals surface area (Å²) in [6.45, 7) is 5.23. The Morgan fingerprint density at radius 1 is 0.974 bits per heavy atom. The van der Waals surface area contributed by atoms with Gasteiger partial charge in [0.2, 0.25) is 0 Å². The highest BCUT2D eigenvalue weighted by atomic mass is 32.2. The highest BCUT2D eigenvalue weighted by Gasteiger charge is 2.36. The van der Waals surface area contributed by atoms with Gasteiger partial charge in [0.05, 0.1) is 11.3 Å². The molecular formula is C31H29N3O3S. The number of carbonyl (C=O) groups is 1. The molecule has 1 amide bonds. The molecule has 7 heteroatoms. The summed E-state index contributed by atoms with van der Waals surface area (Å²) in [5.41, 5.74) is 4.07. The summed E-state index contributed by atoms with van der Waals surface area (Å²) in [6.07, 6.45) is 2.76. The quantitative estimate of drug-likeness (QED) is 0.242. The predicted molar refractivity (Wildman–Crippen MR) is 155 cm³/mol. The molecule has 3 aromatic rings. The van der Waals surface area contributed by atoms with Crippen molar-refractivity contribution in [3.05, 3.63) is 107 Å². The molecule has 0 unspecified atom stereocenters. The predicted octanol–water partition coefficient (Wildman–Crippen LogP) is 6.96. The first kappa shape index (κ1) is 25.5. The Kier molecular flexibility index (Phi) is 7.75. The highest BCUT2D eigenvalue weighted by molar-refractivity contribution is 8.17. The van der Waals surface area contributed by atoms with Crippen molar-refractivity contribution >= 4 is 40.4 Å². The van der Waals surface area contributed by atoms with Gasteiger partial charge in [-0.15, -0.1) is 0 Å². The zero-order valence-corrected chi connectivity index (χ0v) is 22.2. The lowest BCUT2D eigenvalue weighted by atomic mass is 9.98. The van der Waals surface area contributed by atoms with Crippen molar-refractivity contribution in [3.63, 3.8) is 0 Å². The van der Waals surface area contributed by atoms with E-state index in [0.29, 0.717) is 30.0 Å². The molecule has 0 aromatic heterocycles. The van der Waals surface area contributed by atoms with Crippen LogP contribution in [0.1, 0.15) is 42.9 Å². The SMILES string of the molecule is CC[C@@H](C)c1ccccc1OCCOc1ccc(/C=C2/C(=N)N3C(c4ccccc4)=CSC3=NC2=O)cc1. The van der Waals surface area contributed by atoms with Gasteiger partial charge >= 0.3 is 0 Å². The van der Waals surface area contributed by atoms with Gasteiger partial charge in [-0.3, -0.25) is 15.1 Å². The van der Waals surface area contributed by atoms with Gasteiger partial charge < -0.3 is 9.47 Å². The van der Waals surface area contributed by atoms with Crippen LogP contribution in [0.5, 0.6) is 11.5 Å². The van der Waals surface area contributed by atoms with Gasteiger partial charge in [0.25, 0.3) is 5.91 Å². The van der Waals surface area contributed by atoms with Crippen LogP contribution in [0.3, 0.4) is 0 Å². The number of amidine groups is 2. The van der Waals surface area contributed by atoms with Crippen LogP contribution in [0.4, 0.5) is 0 Å². The molecule has 0 fully saturated rings. The number of thioether (sulfide) groups is 1. The van der Waals surface area contributed by atoms with E-state index in [0.717, 1.165) is 29.0 Å². The smallest absolute Gasteiger partial charge is 0.283 e. The number of ether oxygens (including phenoxy) is 2. The molecule has 2 heterocycles. The van der Waals surface area contributed by atoms with E-state index in [4.69, 9.17) is 14.9 Å². The Morgan fingerprint density at radius 3 is 2.45 bits per heavy atom. The fraction of sp³-hybridized carbons (Fsp3) is 0.194. The average Bonchev–Trinajstić information content (AvgIpc) is 3.38. The normalized spacial score (nSPS) is 16.7. The molecule has 192 valence electrons. The summed E-state index contributed by atoms with van der Waals surface area (Å²) in [6, 6.07) is 25.4. The molecular weight excluding hydrogens is 494 g/mol. The van der Waals surface area contributed by atoms with Crippen LogP contribution in [-0.2, 0) is 4.79 Å². The molecule has 2 aliphatic heterocycles. The Hall–Kier alpha value is -4.10. The molecule has 6 nitrogen and oxygen atoms in total. The van der Waals surface area contributed by atoms with Crippen molar-refractivity contribution in [3.8, 4) is 11.5 Å². The molecule has 5 rings (SSSR count). The standard InChI is InChI=1S/C31H29N3O3S/c1-3-21(2)25-11-7-8-12-28(25)37-18-17-36-24-15-13-22(14-16-24)19-26-29(32)34-27(23-9-5-4-6-10-23)20-38-31(34)33-30(26)35/h4-16,19-21,32H,3,17-18H2,1-2H3/b26-19-,32-29?/t21-/m1/s1. The van der Waals surface area contributed by atoms with Crippen molar-refractivity contribution < 1.29 is 14.3 Å². The number of nitrogens with one attached hydrogen (secondary N) is 1. The molecule has 0 saturated carbocycles. The number of amides is 1. The van der Waals surface area contributed by atoms with Gasteiger partial charge in [0, 0.05) is 5.41 Å². The molecule has 3 aromatic carbocycles. The molecule has 1 N–H and O–H groups in total. The maximum atomic E-state index is 12.7. The van der Waals surface area contributed by atoms with Crippen LogP contribution in [0, 0.1) is 5.41 Å². The molecule has 1 atom stereocenters. The summed E-state index contributed by atoms with van der Waals surface area (Å²) in [5.74, 6) is 1.76. The first-order valence-electron chi connectivity index (χ1n) is 12.7. The number of rotatable bonds is 9. The Morgan fingerprint density at radius 2 is 1.68 bits per heavy atom. The number of aliphatic imine (C=N–C) groups is 1. The number of para-hydroxylation sites is 1. The van der Waals surface area contributed by atoms with E-state index in [-0.39, 0.29) is 11.4 Å². The van der Waals surface area contributed by atoms with E-state index in [2.05, 4.69) is 24.9 Å². The second-order valence-electron chi connectivity index (χ2n) is 9.04. The van der Waals surface area contributed by atoms with Crippen LogP contribution in [0.25, 0.3) is 11.8 Å². The van der Waals surface area contributed by atoms with E-state index in [1.807, 2.05) is 78.2 Å². The van der Waals surface area contributed by atoms with Gasteiger partial charge in [0.15, 0.2) is 5.17 Å². The third kappa shape index (κ3) is 5.43. The monoisotopic (exact) mass is 523 g/mol. The summed E-state index contributed by atoms with van der Waals surface area (Å²) >= 11 is 1.36. The molecule has 38 heavy (non-hydrogen) atoms. The lowest BCUT2D eigenvalue weighted by molar-refractivity contribution is -0.114. The highest BCUT2D eigenvalue weighted by Crippen LogP contribution is 2.37. The maximum absolute atomic E-state index is 12.7. The first-order valence-corrected chi connectivity index (χ1v) is 13.5. The number of hydrogen-bond donors (Lipinski definition) is 1. The number of fused-ring (bicyclic) bond motifs is 1. The summed E-state index contributed by atoms with van der Waals surface area (Å²) < 4.78 is 11.9. The van der Waals surface area contributed by atoms with Gasteiger partial charge in [-0.05, 0) is 53.3 Å². The van der Waals surface area contributed by atoms with Crippen molar-refractivity contribution in [1.29, 1.82) is 5.41 Å². The minimum absolute atomic E-state index is 0.121. The fourth-order valence-electron chi connectivity index (χ4n) is 4.29. The zero-order chi connectivity index (χ0) is 26.5. The molecule has 0 spiro atoms. The van der Waals surface area contributed by atoms with Crippen molar-refractivity contribution in [2.75, 3.05) is 13.2 Å². The molecule has 0 bridgehead atoms. The fourth-order valence-corrected chi connectivity index (χ4v) is 5.18. The second kappa shape index (κ2) is 11.5. The van der Waals surface area contributed by atoms with Crippen LogP contribution in [0.2, 0.25) is 0 Å². The minimum atomic E-state index is -0.411. The lowest BCUT2D eigenvalue weighted by Gasteiger charge is -2.26. The Bertz CT molecular complexity index is 1430. The van der Waals surface area contributed by atoms with Gasteiger partial charge in [0.1, 0.15) is 30.5 Å². The number of benzene rings is 3. The third-order valence-electron chi connectivity index (χ3n) is 6.55. The lowest BCUT2D eigenvalue weighted by Crippen LogP contribution is -2.38. The number of carbonyl (C=O) groups excluding carboxylic acids is 1. The Balaban J connectivity index is 1.22. The molecule has 0 radical (unpaired) electrons. The van der Waals surface area contributed by atoms with Gasteiger partial charge in [-0.25, -0.2) is 0 Å². The van der Waals surface area contributed by atoms with Crippen molar-refractivity contribution in [1.82, 2.24) is 4.90 Å². The third-order valence-corrected chi connectivity index (χ3v) is 7.37. The second-order valence-corrected chi connectivity index (χ2v) is 9.88. The van der Waals surface area contributed by atoms with E-state index < -0.39 is 5.91 Å². The van der Waals surface area contributed by atoms with Crippen LogP contribution in [0.15, 0.2) is 94.8 Å². The van der Waals surface area contributed by atoms with E-state index in [1.54, 1.807) is 11.0 Å². The Labute approximate surface area is 227 Å². The van der Waals surface area contributed by atoms with E-state index >= 15 is 0 Å². The first-order chi connectivity index (χ1) is 18.5. The van der Waals surface area contributed by atoms with Crippen LogP contribution >= 0.6 is 11.8 Å². The maximum Gasteiger partial charge on any atom is 0.283 e.